The number of hydrogen-bond donors (Lipinski definition) is 1. The number of hydrogen-bond acceptors (Lipinski definition) is 4. The van der Waals surface area contributed by atoms with E-state index >= 15 is 0 Å². The van der Waals surface area contributed by atoms with Crippen LogP contribution in [0, 0.1) is 5.82 Å². The molecule has 0 aliphatic rings. The molecule has 1 aromatic carbocycles. The molecular weight excluding hydrogens is 369 g/mol. The molecule has 2 rings (SSSR count). The number of anilines is 1. The average Bonchev–Trinajstić information content (AvgIpc) is 2.93. The molecule has 0 aliphatic heterocycles. The number of amides is 1. The molecule has 0 bridgehead atoms. The smallest absolute Gasteiger partial charge is 0.331 e. The highest BCUT2D eigenvalue weighted by molar-refractivity contribution is 9.10. The number of benzene rings is 1. The van der Waals surface area contributed by atoms with Crippen LogP contribution < -0.4 is 5.32 Å². The number of nitrogens with one attached hydrogen (secondary N) is 1. The minimum Gasteiger partial charge on any atom is -0.450 e. The molecular formula is C16H13BrFNO4. The van der Waals surface area contributed by atoms with Gasteiger partial charge in [0.1, 0.15) is 11.6 Å². The van der Waals surface area contributed by atoms with Gasteiger partial charge in [0.25, 0.3) is 5.91 Å². The van der Waals surface area contributed by atoms with E-state index in [0.29, 0.717) is 10.4 Å². The van der Waals surface area contributed by atoms with E-state index in [1.54, 1.807) is 18.2 Å². The number of esters is 1. The number of carbonyl (C=O) groups is 2. The van der Waals surface area contributed by atoms with Crippen LogP contribution in [0.5, 0.6) is 0 Å². The summed E-state index contributed by atoms with van der Waals surface area (Å²) in [5.41, 5.74) is 0.0244. The maximum atomic E-state index is 13.4. The van der Waals surface area contributed by atoms with Crippen molar-refractivity contribution >= 4 is 39.6 Å². The molecule has 23 heavy (non-hydrogen) atoms. The zero-order valence-electron chi connectivity index (χ0n) is 12.1. The number of rotatable bonds is 5. The van der Waals surface area contributed by atoms with Crippen LogP contribution in [0.25, 0.3) is 6.08 Å². The molecule has 0 aliphatic carbocycles. The second kappa shape index (κ2) is 7.73. The molecule has 1 amide bonds. The number of halogens is 2. The first kappa shape index (κ1) is 17.0. The van der Waals surface area contributed by atoms with Crippen molar-refractivity contribution in [2.45, 2.75) is 13.0 Å². The minimum absolute atomic E-state index is 0.0244. The average molecular weight is 382 g/mol. The van der Waals surface area contributed by atoms with Gasteiger partial charge in [0, 0.05) is 6.08 Å². The van der Waals surface area contributed by atoms with Gasteiger partial charge >= 0.3 is 5.97 Å². The van der Waals surface area contributed by atoms with Crippen molar-refractivity contribution in [2.24, 2.45) is 0 Å². The molecule has 1 heterocycles. The predicted octanol–water partition coefficient (Wildman–Crippen LogP) is 3.76. The van der Waals surface area contributed by atoms with E-state index < -0.39 is 23.8 Å². The van der Waals surface area contributed by atoms with E-state index in [1.807, 2.05) is 0 Å². The fourth-order valence-electron chi connectivity index (χ4n) is 1.63. The lowest BCUT2D eigenvalue weighted by molar-refractivity contribution is -0.148. The molecule has 5 nitrogen and oxygen atoms in total. The summed E-state index contributed by atoms with van der Waals surface area (Å²) in [7, 11) is 0. The van der Waals surface area contributed by atoms with Gasteiger partial charge in [0.05, 0.1) is 5.69 Å². The first-order valence-electron chi connectivity index (χ1n) is 6.65. The van der Waals surface area contributed by atoms with Crippen LogP contribution in [-0.4, -0.2) is 18.0 Å². The molecule has 1 aromatic heterocycles. The van der Waals surface area contributed by atoms with Crippen molar-refractivity contribution in [3.05, 3.63) is 58.7 Å². The van der Waals surface area contributed by atoms with Crippen molar-refractivity contribution in [3.63, 3.8) is 0 Å². The molecule has 0 unspecified atom stereocenters. The van der Waals surface area contributed by atoms with Gasteiger partial charge in [-0.2, -0.15) is 0 Å². The van der Waals surface area contributed by atoms with Gasteiger partial charge in [0.15, 0.2) is 10.8 Å². The lowest BCUT2D eigenvalue weighted by Crippen LogP contribution is -2.29. The third-order valence-corrected chi connectivity index (χ3v) is 3.20. The fraction of sp³-hybridized carbons (Fsp3) is 0.125. The molecule has 7 heteroatoms. The Morgan fingerprint density at radius 1 is 1.30 bits per heavy atom. The molecule has 1 atom stereocenters. The maximum absolute atomic E-state index is 13.4. The molecule has 2 aromatic rings. The van der Waals surface area contributed by atoms with Crippen LogP contribution in [0.4, 0.5) is 10.1 Å². The quantitative estimate of drug-likeness (QED) is 0.632. The standard InChI is InChI=1S/C16H13BrFNO4/c1-10(16(21)19-13-5-3-2-4-12(13)18)22-15(20)9-7-11-6-8-14(17)23-11/h2-10H,1H3,(H,19,21)/b9-7+/t10-/m1/s1. The summed E-state index contributed by atoms with van der Waals surface area (Å²) in [5, 5.41) is 2.35. The summed E-state index contributed by atoms with van der Waals surface area (Å²) >= 11 is 3.14. The second-order valence-electron chi connectivity index (χ2n) is 4.52. The zero-order chi connectivity index (χ0) is 16.8. The van der Waals surface area contributed by atoms with E-state index in [0.717, 1.165) is 6.08 Å². The monoisotopic (exact) mass is 381 g/mol. The number of ether oxygens (including phenoxy) is 1. The lowest BCUT2D eigenvalue weighted by Gasteiger charge is -2.12. The van der Waals surface area contributed by atoms with Crippen molar-refractivity contribution in [3.8, 4) is 0 Å². The third kappa shape index (κ3) is 5.07. The lowest BCUT2D eigenvalue weighted by atomic mass is 10.3. The maximum Gasteiger partial charge on any atom is 0.331 e. The highest BCUT2D eigenvalue weighted by atomic mass is 79.9. The molecule has 0 spiro atoms. The Kier molecular flexibility index (Phi) is 5.70. The highest BCUT2D eigenvalue weighted by Crippen LogP contribution is 2.15. The van der Waals surface area contributed by atoms with E-state index in [2.05, 4.69) is 21.2 Å². The molecule has 0 saturated heterocycles. The van der Waals surface area contributed by atoms with Crippen LogP contribution >= 0.6 is 15.9 Å². The van der Waals surface area contributed by atoms with Gasteiger partial charge in [-0.15, -0.1) is 0 Å². The number of carbonyl (C=O) groups excluding carboxylic acids is 2. The Morgan fingerprint density at radius 3 is 2.70 bits per heavy atom. The molecule has 0 saturated carbocycles. The topological polar surface area (TPSA) is 68.5 Å². The third-order valence-electron chi connectivity index (χ3n) is 2.77. The van der Waals surface area contributed by atoms with Crippen molar-refractivity contribution in [1.82, 2.24) is 0 Å². The van der Waals surface area contributed by atoms with Crippen LogP contribution in [0.3, 0.4) is 0 Å². The Bertz CT molecular complexity index is 741. The summed E-state index contributed by atoms with van der Waals surface area (Å²) in [5.74, 6) is -1.45. The molecule has 120 valence electrons. The first-order valence-corrected chi connectivity index (χ1v) is 7.44. The Labute approximate surface area is 140 Å². The summed E-state index contributed by atoms with van der Waals surface area (Å²) < 4.78 is 24.1. The Morgan fingerprint density at radius 2 is 2.04 bits per heavy atom. The van der Waals surface area contributed by atoms with Crippen LogP contribution in [0.2, 0.25) is 0 Å². The normalized spacial score (nSPS) is 12.1. The van der Waals surface area contributed by atoms with Crippen LogP contribution in [0.1, 0.15) is 12.7 Å². The van der Waals surface area contributed by atoms with E-state index in [4.69, 9.17) is 9.15 Å². The molecule has 0 radical (unpaired) electrons. The van der Waals surface area contributed by atoms with Crippen molar-refractivity contribution in [2.75, 3.05) is 5.32 Å². The Hall–Kier alpha value is -2.41. The number of furan rings is 1. The van der Waals surface area contributed by atoms with E-state index in [9.17, 15) is 14.0 Å². The predicted molar refractivity (Wildman–Crippen MR) is 86.0 cm³/mol. The number of para-hydroxylation sites is 1. The van der Waals surface area contributed by atoms with Gasteiger partial charge in [-0.05, 0) is 53.2 Å². The minimum atomic E-state index is -1.07. The SMILES string of the molecule is C[C@@H](OC(=O)/C=C/c1ccc(Br)o1)C(=O)Nc1ccccc1F. The van der Waals surface area contributed by atoms with Gasteiger partial charge < -0.3 is 14.5 Å². The van der Waals surface area contributed by atoms with Gasteiger partial charge in [-0.3, -0.25) is 4.79 Å². The molecule has 1 N–H and O–H groups in total. The van der Waals surface area contributed by atoms with Gasteiger partial charge in [-0.1, -0.05) is 12.1 Å². The van der Waals surface area contributed by atoms with Gasteiger partial charge in [0.2, 0.25) is 0 Å². The van der Waals surface area contributed by atoms with E-state index in [-0.39, 0.29) is 5.69 Å². The molecule has 0 fully saturated rings. The first-order chi connectivity index (χ1) is 11.0. The van der Waals surface area contributed by atoms with Crippen LogP contribution in [0.15, 0.2) is 51.6 Å². The Balaban J connectivity index is 1.89. The summed E-state index contributed by atoms with van der Waals surface area (Å²) in [6.07, 6.45) is 1.47. The van der Waals surface area contributed by atoms with Crippen molar-refractivity contribution < 1.29 is 23.1 Å². The summed E-state index contributed by atoms with van der Waals surface area (Å²) in [6.45, 7) is 1.39. The van der Waals surface area contributed by atoms with Crippen LogP contribution in [-0.2, 0) is 14.3 Å². The second-order valence-corrected chi connectivity index (χ2v) is 5.30. The van der Waals surface area contributed by atoms with E-state index in [1.165, 1.54) is 31.2 Å². The summed E-state index contributed by atoms with van der Waals surface area (Å²) in [4.78, 5) is 23.5. The van der Waals surface area contributed by atoms with Gasteiger partial charge in [-0.25, -0.2) is 9.18 Å². The zero-order valence-corrected chi connectivity index (χ0v) is 13.7. The van der Waals surface area contributed by atoms with Crippen molar-refractivity contribution in [1.29, 1.82) is 0 Å². The highest BCUT2D eigenvalue weighted by Gasteiger charge is 2.17. The largest absolute Gasteiger partial charge is 0.450 e. The fourth-order valence-corrected chi connectivity index (χ4v) is 1.95. The summed E-state index contributed by atoms with van der Waals surface area (Å²) in [6, 6.07) is 9.05.